The second-order valence-corrected chi connectivity index (χ2v) is 6.04. The third-order valence-corrected chi connectivity index (χ3v) is 4.37. The Kier molecular flexibility index (Phi) is 4.51. The zero-order valence-corrected chi connectivity index (χ0v) is 12.1. The van der Waals surface area contributed by atoms with Gasteiger partial charge < -0.3 is 15.5 Å². The van der Waals surface area contributed by atoms with Gasteiger partial charge in [0.2, 0.25) is 5.91 Å². The highest BCUT2D eigenvalue weighted by atomic mass is 19.1. The van der Waals surface area contributed by atoms with Crippen LogP contribution in [0.15, 0.2) is 24.3 Å². The van der Waals surface area contributed by atoms with Gasteiger partial charge in [-0.15, -0.1) is 0 Å². The standard InChI is InChI=1S/C16H22FN3O/c17-12-2-1-3-14(10-12)19-16(21)7-9-20-8-6-13-4-5-15(11-20)18-13/h1-3,10,13,15,18H,4-9,11H2,(H,19,21). The van der Waals surface area contributed by atoms with Crippen molar-refractivity contribution in [3.8, 4) is 0 Å². The fourth-order valence-corrected chi connectivity index (χ4v) is 3.27. The maximum atomic E-state index is 13.1. The SMILES string of the molecule is O=C(CCN1CCC2CCC(C1)N2)Nc1cccc(F)c1. The van der Waals surface area contributed by atoms with Crippen molar-refractivity contribution in [2.75, 3.05) is 25.0 Å². The van der Waals surface area contributed by atoms with Gasteiger partial charge in [-0.1, -0.05) is 6.07 Å². The molecule has 4 nitrogen and oxygen atoms in total. The van der Waals surface area contributed by atoms with Crippen LogP contribution in [0.25, 0.3) is 0 Å². The van der Waals surface area contributed by atoms with Crippen LogP contribution in [-0.2, 0) is 4.79 Å². The van der Waals surface area contributed by atoms with Gasteiger partial charge >= 0.3 is 0 Å². The molecule has 2 N–H and O–H groups in total. The molecule has 1 aromatic rings. The van der Waals surface area contributed by atoms with Crippen LogP contribution in [-0.4, -0.2) is 42.5 Å². The van der Waals surface area contributed by atoms with Gasteiger partial charge in [0.1, 0.15) is 5.82 Å². The summed E-state index contributed by atoms with van der Waals surface area (Å²) in [6.07, 6.45) is 4.16. The number of carbonyl (C=O) groups excluding carboxylic acids is 1. The fraction of sp³-hybridized carbons (Fsp3) is 0.562. The minimum Gasteiger partial charge on any atom is -0.326 e. The van der Waals surface area contributed by atoms with Gasteiger partial charge in [0, 0.05) is 37.3 Å². The summed E-state index contributed by atoms with van der Waals surface area (Å²) in [6.45, 7) is 2.86. The van der Waals surface area contributed by atoms with Gasteiger partial charge in [-0.3, -0.25) is 4.79 Å². The number of rotatable bonds is 4. The Bertz CT molecular complexity index is 508. The van der Waals surface area contributed by atoms with Gasteiger partial charge in [0.05, 0.1) is 0 Å². The van der Waals surface area contributed by atoms with Crippen LogP contribution in [0.2, 0.25) is 0 Å². The van der Waals surface area contributed by atoms with Crippen LogP contribution in [0, 0.1) is 5.82 Å². The minimum absolute atomic E-state index is 0.0528. The Labute approximate surface area is 124 Å². The molecule has 2 aliphatic heterocycles. The summed E-state index contributed by atoms with van der Waals surface area (Å²) in [7, 11) is 0. The van der Waals surface area contributed by atoms with Crippen LogP contribution >= 0.6 is 0 Å². The van der Waals surface area contributed by atoms with Crippen molar-refractivity contribution in [2.24, 2.45) is 0 Å². The summed E-state index contributed by atoms with van der Waals surface area (Å²) >= 11 is 0. The van der Waals surface area contributed by atoms with Gasteiger partial charge in [0.25, 0.3) is 0 Å². The van der Waals surface area contributed by atoms with E-state index in [4.69, 9.17) is 0 Å². The lowest BCUT2D eigenvalue weighted by Crippen LogP contribution is -2.36. The Balaban J connectivity index is 1.45. The third-order valence-electron chi connectivity index (χ3n) is 4.37. The molecule has 2 unspecified atom stereocenters. The first-order chi connectivity index (χ1) is 10.2. The Morgan fingerprint density at radius 1 is 1.33 bits per heavy atom. The van der Waals surface area contributed by atoms with Crippen molar-refractivity contribution < 1.29 is 9.18 Å². The molecule has 1 aromatic carbocycles. The second-order valence-electron chi connectivity index (χ2n) is 6.04. The van der Waals surface area contributed by atoms with Gasteiger partial charge in [-0.25, -0.2) is 4.39 Å². The number of anilines is 1. The molecule has 2 heterocycles. The molecular formula is C16H22FN3O. The molecule has 0 saturated carbocycles. The average molecular weight is 291 g/mol. The summed E-state index contributed by atoms with van der Waals surface area (Å²) < 4.78 is 13.1. The number of hydrogen-bond acceptors (Lipinski definition) is 3. The van der Waals surface area contributed by atoms with Crippen LogP contribution in [0.1, 0.15) is 25.7 Å². The summed E-state index contributed by atoms with van der Waals surface area (Å²) in [6, 6.07) is 7.27. The quantitative estimate of drug-likeness (QED) is 0.891. The van der Waals surface area contributed by atoms with E-state index in [0.717, 1.165) is 19.6 Å². The van der Waals surface area contributed by atoms with Crippen molar-refractivity contribution in [1.29, 1.82) is 0 Å². The number of nitrogens with one attached hydrogen (secondary N) is 2. The third kappa shape index (κ3) is 4.02. The van der Waals surface area contributed by atoms with E-state index in [1.165, 1.54) is 31.4 Å². The van der Waals surface area contributed by atoms with E-state index >= 15 is 0 Å². The first-order valence-electron chi connectivity index (χ1n) is 7.73. The molecule has 114 valence electrons. The zero-order valence-electron chi connectivity index (χ0n) is 12.1. The molecule has 2 aliphatic rings. The highest BCUT2D eigenvalue weighted by molar-refractivity contribution is 5.90. The van der Waals surface area contributed by atoms with Crippen molar-refractivity contribution in [2.45, 2.75) is 37.8 Å². The van der Waals surface area contributed by atoms with Crippen LogP contribution in [0.5, 0.6) is 0 Å². The maximum absolute atomic E-state index is 13.1. The van der Waals surface area contributed by atoms with Crippen molar-refractivity contribution in [1.82, 2.24) is 10.2 Å². The van der Waals surface area contributed by atoms with Crippen LogP contribution < -0.4 is 10.6 Å². The number of likely N-dealkylation sites (tertiary alicyclic amines) is 1. The monoisotopic (exact) mass is 291 g/mol. The lowest BCUT2D eigenvalue weighted by atomic mass is 10.1. The van der Waals surface area contributed by atoms with E-state index in [-0.39, 0.29) is 11.7 Å². The zero-order chi connectivity index (χ0) is 14.7. The van der Waals surface area contributed by atoms with Gasteiger partial charge in [-0.05, 0) is 44.0 Å². The number of benzene rings is 1. The van der Waals surface area contributed by atoms with Gasteiger partial charge in [0.15, 0.2) is 0 Å². The number of fused-ring (bicyclic) bond motifs is 2. The molecule has 2 atom stereocenters. The highest BCUT2D eigenvalue weighted by Gasteiger charge is 2.29. The molecule has 21 heavy (non-hydrogen) atoms. The lowest BCUT2D eigenvalue weighted by molar-refractivity contribution is -0.116. The first-order valence-corrected chi connectivity index (χ1v) is 7.73. The largest absolute Gasteiger partial charge is 0.326 e. The smallest absolute Gasteiger partial charge is 0.225 e. The molecule has 0 radical (unpaired) electrons. The van der Waals surface area contributed by atoms with Gasteiger partial charge in [-0.2, -0.15) is 0 Å². The fourth-order valence-electron chi connectivity index (χ4n) is 3.27. The van der Waals surface area contributed by atoms with E-state index in [2.05, 4.69) is 15.5 Å². The molecule has 2 saturated heterocycles. The molecule has 2 fully saturated rings. The summed E-state index contributed by atoms with van der Waals surface area (Å²) in [5, 5.41) is 6.38. The molecule has 5 heteroatoms. The number of nitrogens with zero attached hydrogens (tertiary/aromatic N) is 1. The van der Waals surface area contributed by atoms with Crippen LogP contribution in [0.3, 0.4) is 0 Å². The Hall–Kier alpha value is -1.46. The predicted octanol–water partition coefficient (Wildman–Crippen LogP) is 1.98. The lowest BCUT2D eigenvalue weighted by Gasteiger charge is -2.23. The average Bonchev–Trinajstić information content (AvgIpc) is 2.77. The number of carbonyl (C=O) groups is 1. The van der Waals surface area contributed by atoms with E-state index in [1.54, 1.807) is 12.1 Å². The predicted molar refractivity (Wildman–Crippen MR) is 80.6 cm³/mol. The Morgan fingerprint density at radius 3 is 3.05 bits per heavy atom. The number of halogens is 1. The highest BCUT2D eigenvalue weighted by Crippen LogP contribution is 2.20. The molecule has 2 bridgehead atoms. The topological polar surface area (TPSA) is 44.4 Å². The van der Waals surface area contributed by atoms with Crippen molar-refractivity contribution in [3.05, 3.63) is 30.1 Å². The molecule has 0 aliphatic carbocycles. The number of amides is 1. The molecule has 3 rings (SSSR count). The molecule has 1 amide bonds. The number of hydrogen-bond donors (Lipinski definition) is 2. The maximum Gasteiger partial charge on any atom is 0.225 e. The molecular weight excluding hydrogens is 269 g/mol. The van der Waals surface area contributed by atoms with E-state index in [0.29, 0.717) is 24.2 Å². The molecule has 0 spiro atoms. The minimum atomic E-state index is -0.331. The van der Waals surface area contributed by atoms with E-state index in [9.17, 15) is 9.18 Å². The van der Waals surface area contributed by atoms with E-state index < -0.39 is 0 Å². The van der Waals surface area contributed by atoms with E-state index in [1.807, 2.05) is 0 Å². The summed E-state index contributed by atoms with van der Waals surface area (Å²) in [4.78, 5) is 14.3. The first kappa shape index (κ1) is 14.5. The normalized spacial score (nSPS) is 25.6. The summed E-state index contributed by atoms with van der Waals surface area (Å²) in [5.74, 6) is -0.384. The van der Waals surface area contributed by atoms with Crippen molar-refractivity contribution >= 4 is 11.6 Å². The van der Waals surface area contributed by atoms with Crippen molar-refractivity contribution in [3.63, 3.8) is 0 Å². The van der Waals surface area contributed by atoms with Crippen LogP contribution in [0.4, 0.5) is 10.1 Å². The molecule has 0 aromatic heterocycles. The Morgan fingerprint density at radius 2 is 2.19 bits per heavy atom. The summed E-state index contributed by atoms with van der Waals surface area (Å²) in [5.41, 5.74) is 0.525. The second kappa shape index (κ2) is 6.54.